The third-order valence-corrected chi connectivity index (χ3v) is 3.95. The Kier molecular flexibility index (Phi) is 4.82. The minimum absolute atomic E-state index is 0.0402. The van der Waals surface area contributed by atoms with Crippen LogP contribution in [0.25, 0.3) is 0 Å². The van der Waals surface area contributed by atoms with Crippen LogP contribution in [0.5, 0.6) is 5.75 Å². The predicted molar refractivity (Wildman–Crippen MR) is 70.1 cm³/mol. The molecule has 18 heavy (non-hydrogen) atoms. The van der Waals surface area contributed by atoms with Crippen LogP contribution in [-0.4, -0.2) is 31.3 Å². The monoisotopic (exact) mass is 272 g/mol. The highest BCUT2D eigenvalue weighted by molar-refractivity contribution is 7.99. The van der Waals surface area contributed by atoms with E-state index in [9.17, 15) is 4.39 Å². The Hall–Kier alpha value is -0.820. The summed E-state index contributed by atoms with van der Waals surface area (Å²) in [5.41, 5.74) is 3.47. The Labute approximate surface area is 110 Å². The van der Waals surface area contributed by atoms with Crippen molar-refractivity contribution in [2.45, 2.75) is 12.1 Å². The lowest BCUT2D eigenvalue weighted by atomic mass is 10.0. The lowest BCUT2D eigenvalue weighted by molar-refractivity contribution is 0.0467. The van der Waals surface area contributed by atoms with Crippen LogP contribution >= 0.6 is 11.8 Å². The molecule has 0 amide bonds. The summed E-state index contributed by atoms with van der Waals surface area (Å²) < 4.78 is 24.2. The Bertz CT molecular complexity index is 400. The van der Waals surface area contributed by atoms with Crippen LogP contribution in [0.1, 0.15) is 11.6 Å². The fourth-order valence-electron chi connectivity index (χ4n) is 1.99. The molecular formula is C12H17FN2O2S. The number of nitrogens with two attached hydrogens (primary N) is 1. The zero-order chi connectivity index (χ0) is 13.0. The van der Waals surface area contributed by atoms with Crippen molar-refractivity contribution in [1.29, 1.82) is 0 Å². The van der Waals surface area contributed by atoms with Gasteiger partial charge in [0, 0.05) is 11.5 Å². The maximum atomic E-state index is 13.7. The molecule has 0 aromatic heterocycles. The number of rotatable bonds is 4. The second-order valence-electron chi connectivity index (χ2n) is 4.02. The average Bonchev–Trinajstić information content (AvgIpc) is 2.41. The summed E-state index contributed by atoms with van der Waals surface area (Å²) in [6, 6.07) is 4.63. The van der Waals surface area contributed by atoms with Gasteiger partial charge in [0.05, 0.1) is 25.9 Å². The Balaban J connectivity index is 2.18. The number of benzene rings is 1. The molecule has 2 atom stereocenters. The van der Waals surface area contributed by atoms with Gasteiger partial charge in [0.15, 0.2) is 11.6 Å². The molecule has 6 heteroatoms. The summed E-state index contributed by atoms with van der Waals surface area (Å²) in [6.07, 6.45) is -0.0402. The molecule has 1 heterocycles. The van der Waals surface area contributed by atoms with Crippen LogP contribution in [-0.2, 0) is 4.74 Å². The molecule has 1 fully saturated rings. The molecule has 2 rings (SSSR count). The maximum absolute atomic E-state index is 13.7. The molecule has 2 unspecified atom stereocenters. The van der Waals surface area contributed by atoms with Crippen molar-refractivity contribution in [1.82, 2.24) is 5.43 Å². The number of thioether (sulfide) groups is 1. The molecule has 1 aromatic carbocycles. The number of hydrogen-bond donors (Lipinski definition) is 2. The molecule has 1 saturated heterocycles. The van der Waals surface area contributed by atoms with Gasteiger partial charge < -0.3 is 9.47 Å². The zero-order valence-electron chi connectivity index (χ0n) is 10.2. The molecular weight excluding hydrogens is 255 g/mol. The van der Waals surface area contributed by atoms with Gasteiger partial charge in [-0.3, -0.25) is 11.3 Å². The van der Waals surface area contributed by atoms with Gasteiger partial charge in [-0.1, -0.05) is 6.07 Å². The van der Waals surface area contributed by atoms with Crippen molar-refractivity contribution in [2.75, 3.05) is 25.2 Å². The number of halogens is 1. The molecule has 1 aromatic rings. The molecule has 0 radical (unpaired) electrons. The van der Waals surface area contributed by atoms with Gasteiger partial charge in [0.2, 0.25) is 0 Å². The van der Waals surface area contributed by atoms with E-state index in [0.29, 0.717) is 6.61 Å². The highest BCUT2D eigenvalue weighted by Crippen LogP contribution is 2.27. The molecule has 3 N–H and O–H groups in total. The van der Waals surface area contributed by atoms with Gasteiger partial charge in [0.1, 0.15) is 0 Å². The fourth-order valence-corrected chi connectivity index (χ4v) is 2.89. The summed E-state index contributed by atoms with van der Waals surface area (Å²) in [6.45, 7) is 0.701. The highest BCUT2D eigenvalue weighted by atomic mass is 32.2. The summed E-state index contributed by atoms with van der Waals surface area (Å²) in [5.74, 6) is 7.24. The van der Waals surface area contributed by atoms with E-state index in [1.165, 1.54) is 13.2 Å². The highest BCUT2D eigenvalue weighted by Gasteiger charge is 2.26. The van der Waals surface area contributed by atoms with Crippen LogP contribution in [0.4, 0.5) is 4.39 Å². The Morgan fingerprint density at radius 1 is 1.61 bits per heavy atom. The third-order valence-electron chi connectivity index (χ3n) is 2.93. The van der Waals surface area contributed by atoms with E-state index in [2.05, 4.69) is 5.43 Å². The quantitative estimate of drug-likeness (QED) is 0.642. The first-order chi connectivity index (χ1) is 8.76. The molecule has 0 saturated carbocycles. The Morgan fingerprint density at radius 2 is 2.44 bits per heavy atom. The zero-order valence-corrected chi connectivity index (χ0v) is 11.0. The summed E-state index contributed by atoms with van der Waals surface area (Å²) in [5, 5.41) is 0. The van der Waals surface area contributed by atoms with Crippen molar-refractivity contribution in [3.05, 3.63) is 29.6 Å². The van der Waals surface area contributed by atoms with Crippen molar-refractivity contribution in [2.24, 2.45) is 5.84 Å². The van der Waals surface area contributed by atoms with Crippen molar-refractivity contribution in [3.8, 4) is 5.75 Å². The molecule has 4 nitrogen and oxygen atoms in total. The average molecular weight is 272 g/mol. The van der Waals surface area contributed by atoms with Crippen LogP contribution in [0, 0.1) is 5.82 Å². The lowest BCUT2D eigenvalue weighted by Gasteiger charge is -2.30. The lowest BCUT2D eigenvalue weighted by Crippen LogP contribution is -2.41. The van der Waals surface area contributed by atoms with Crippen LogP contribution in [0.3, 0.4) is 0 Å². The summed E-state index contributed by atoms with van der Waals surface area (Å²) in [7, 11) is 1.44. The number of methoxy groups -OCH3 is 1. The first-order valence-corrected chi connectivity index (χ1v) is 6.90. The van der Waals surface area contributed by atoms with E-state index in [1.54, 1.807) is 12.1 Å². The second-order valence-corrected chi connectivity index (χ2v) is 5.17. The third kappa shape index (κ3) is 2.95. The number of hydrazine groups is 1. The largest absolute Gasteiger partial charge is 0.494 e. The topological polar surface area (TPSA) is 56.5 Å². The molecule has 0 spiro atoms. The first-order valence-electron chi connectivity index (χ1n) is 5.75. The van der Waals surface area contributed by atoms with Gasteiger partial charge in [-0.2, -0.15) is 11.8 Å². The normalized spacial score (nSPS) is 21.6. The van der Waals surface area contributed by atoms with Gasteiger partial charge in [-0.05, 0) is 17.7 Å². The van der Waals surface area contributed by atoms with Crippen molar-refractivity contribution < 1.29 is 13.9 Å². The van der Waals surface area contributed by atoms with Gasteiger partial charge >= 0.3 is 0 Å². The van der Waals surface area contributed by atoms with Gasteiger partial charge in [-0.15, -0.1) is 0 Å². The van der Waals surface area contributed by atoms with Crippen LogP contribution < -0.4 is 16.0 Å². The molecule has 1 aliphatic rings. The van der Waals surface area contributed by atoms with E-state index in [1.807, 2.05) is 11.8 Å². The number of nitrogens with one attached hydrogen (secondary N) is 1. The van der Waals surface area contributed by atoms with E-state index in [4.69, 9.17) is 15.3 Å². The SMILES string of the molecule is COc1ccc(C(NN)C2CSCCO2)cc1F. The minimum atomic E-state index is -0.390. The molecule has 0 bridgehead atoms. The number of ether oxygens (including phenoxy) is 2. The smallest absolute Gasteiger partial charge is 0.165 e. The van der Waals surface area contributed by atoms with Crippen LogP contribution in [0.15, 0.2) is 18.2 Å². The van der Waals surface area contributed by atoms with E-state index in [-0.39, 0.29) is 17.9 Å². The van der Waals surface area contributed by atoms with Gasteiger partial charge in [-0.25, -0.2) is 4.39 Å². The second kappa shape index (κ2) is 6.38. The van der Waals surface area contributed by atoms with E-state index < -0.39 is 5.82 Å². The van der Waals surface area contributed by atoms with Gasteiger partial charge in [0.25, 0.3) is 0 Å². The van der Waals surface area contributed by atoms with Crippen molar-refractivity contribution in [3.63, 3.8) is 0 Å². The molecule has 1 aliphatic heterocycles. The van der Waals surface area contributed by atoms with Crippen molar-refractivity contribution >= 4 is 11.8 Å². The molecule has 100 valence electrons. The van der Waals surface area contributed by atoms with E-state index in [0.717, 1.165) is 17.1 Å². The number of hydrogen-bond acceptors (Lipinski definition) is 5. The van der Waals surface area contributed by atoms with Crippen LogP contribution in [0.2, 0.25) is 0 Å². The fraction of sp³-hybridized carbons (Fsp3) is 0.500. The standard InChI is InChI=1S/C12H17FN2O2S/c1-16-10-3-2-8(6-9(10)13)12(15-14)11-7-18-5-4-17-11/h2-3,6,11-12,15H,4-5,7,14H2,1H3. The molecule has 0 aliphatic carbocycles. The maximum Gasteiger partial charge on any atom is 0.165 e. The Morgan fingerprint density at radius 3 is 3.00 bits per heavy atom. The minimum Gasteiger partial charge on any atom is -0.494 e. The first kappa shape index (κ1) is 13.6. The summed E-state index contributed by atoms with van der Waals surface area (Å²) in [4.78, 5) is 0. The van der Waals surface area contributed by atoms with E-state index >= 15 is 0 Å². The summed E-state index contributed by atoms with van der Waals surface area (Å²) >= 11 is 1.81. The predicted octanol–water partition coefficient (Wildman–Crippen LogP) is 1.47.